The van der Waals surface area contributed by atoms with E-state index in [1.54, 1.807) is 6.08 Å². The van der Waals surface area contributed by atoms with Gasteiger partial charge in [0.25, 0.3) is 0 Å². The smallest absolute Gasteiger partial charge is 0.155 e. The fourth-order valence-electron chi connectivity index (χ4n) is 1.66. The van der Waals surface area contributed by atoms with Gasteiger partial charge in [-0.15, -0.1) is 0 Å². The molecule has 0 radical (unpaired) electrons. The van der Waals surface area contributed by atoms with Crippen LogP contribution in [0.5, 0.6) is 0 Å². The molecule has 52 valence electrons. The molecule has 2 aliphatic carbocycles. The van der Waals surface area contributed by atoms with Gasteiger partial charge in [-0.05, 0) is 24.3 Å². The van der Waals surface area contributed by atoms with Crippen LogP contribution in [0.1, 0.15) is 12.8 Å². The zero-order chi connectivity index (χ0) is 6.97. The highest BCUT2D eigenvalue weighted by Gasteiger charge is 2.21. The lowest BCUT2D eigenvalue weighted by Gasteiger charge is -2.01. The summed E-state index contributed by atoms with van der Waals surface area (Å²) in [6, 6.07) is 0. The number of hydrogen-bond donors (Lipinski definition) is 0. The minimum absolute atomic E-state index is 0.289. The van der Waals surface area contributed by atoms with Crippen LogP contribution in [0.4, 0.5) is 0 Å². The topological polar surface area (TPSA) is 17.1 Å². The summed E-state index contributed by atoms with van der Waals surface area (Å²) in [5.74, 6) is 1.38. The van der Waals surface area contributed by atoms with Gasteiger partial charge in [0, 0.05) is 6.42 Å². The molecule has 0 aromatic carbocycles. The molecule has 0 aromatic heterocycles. The SMILES string of the molecule is O=C1C=CC2C=CC(C1)C2. The largest absolute Gasteiger partial charge is 0.295 e. The van der Waals surface area contributed by atoms with Crippen molar-refractivity contribution in [2.45, 2.75) is 12.8 Å². The number of rotatable bonds is 0. The Morgan fingerprint density at radius 3 is 3.10 bits per heavy atom. The summed E-state index contributed by atoms with van der Waals surface area (Å²) < 4.78 is 0. The second kappa shape index (κ2) is 2.08. The van der Waals surface area contributed by atoms with E-state index in [2.05, 4.69) is 12.2 Å². The van der Waals surface area contributed by atoms with Crippen LogP contribution in [-0.2, 0) is 4.79 Å². The van der Waals surface area contributed by atoms with Crippen LogP contribution in [0.25, 0.3) is 0 Å². The Morgan fingerprint density at radius 2 is 2.20 bits per heavy atom. The van der Waals surface area contributed by atoms with Crippen molar-refractivity contribution in [1.82, 2.24) is 0 Å². The van der Waals surface area contributed by atoms with E-state index in [4.69, 9.17) is 0 Å². The van der Waals surface area contributed by atoms with Crippen molar-refractivity contribution in [3.05, 3.63) is 24.3 Å². The van der Waals surface area contributed by atoms with Crippen LogP contribution in [0.2, 0.25) is 0 Å². The first-order valence-corrected chi connectivity index (χ1v) is 3.74. The van der Waals surface area contributed by atoms with Gasteiger partial charge in [0.2, 0.25) is 0 Å². The summed E-state index contributed by atoms with van der Waals surface area (Å²) in [5.41, 5.74) is 0. The summed E-state index contributed by atoms with van der Waals surface area (Å²) in [4.78, 5) is 11.0. The third-order valence-electron chi connectivity index (χ3n) is 2.20. The molecule has 0 saturated heterocycles. The van der Waals surface area contributed by atoms with E-state index in [9.17, 15) is 4.79 Å². The highest BCUT2D eigenvalue weighted by molar-refractivity contribution is 5.90. The van der Waals surface area contributed by atoms with Crippen LogP contribution < -0.4 is 0 Å². The summed E-state index contributed by atoms with van der Waals surface area (Å²) >= 11 is 0. The standard InChI is InChI=1S/C9H10O/c10-9-4-3-7-1-2-8(5-7)6-9/h1-4,7-8H,5-6H2. The first-order valence-electron chi connectivity index (χ1n) is 3.74. The maximum Gasteiger partial charge on any atom is 0.155 e. The van der Waals surface area contributed by atoms with Crippen LogP contribution in [0.3, 0.4) is 0 Å². The molecular formula is C9H10O. The number of carbonyl (C=O) groups is 1. The number of hydrogen-bond acceptors (Lipinski definition) is 1. The van der Waals surface area contributed by atoms with Crippen molar-refractivity contribution in [2.24, 2.45) is 11.8 Å². The highest BCUT2D eigenvalue weighted by Crippen LogP contribution is 2.29. The van der Waals surface area contributed by atoms with Crippen molar-refractivity contribution in [3.63, 3.8) is 0 Å². The highest BCUT2D eigenvalue weighted by atomic mass is 16.1. The molecule has 2 aliphatic rings. The third kappa shape index (κ3) is 0.919. The van der Waals surface area contributed by atoms with Gasteiger partial charge in [-0.2, -0.15) is 0 Å². The van der Waals surface area contributed by atoms with E-state index in [0.717, 1.165) is 12.8 Å². The lowest BCUT2D eigenvalue weighted by molar-refractivity contribution is -0.115. The molecule has 0 amide bonds. The number of ketones is 1. The molecule has 2 atom stereocenters. The monoisotopic (exact) mass is 134 g/mol. The van der Waals surface area contributed by atoms with E-state index in [0.29, 0.717) is 11.8 Å². The normalized spacial score (nSPS) is 36.6. The van der Waals surface area contributed by atoms with Gasteiger partial charge >= 0.3 is 0 Å². The zero-order valence-corrected chi connectivity index (χ0v) is 5.79. The Balaban J connectivity index is 2.25. The van der Waals surface area contributed by atoms with E-state index < -0.39 is 0 Å². The van der Waals surface area contributed by atoms with Crippen molar-refractivity contribution in [2.75, 3.05) is 0 Å². The Kier molecular flexibility index (Phi) is 1.23. The minimum Gasteiger partial charge on any atom is -0.295 e. The van der Waals surface area contributed by atoms with Gasteiger partial charge < -0.3 is 0 Å². The quantitative estimate of drug-likeness (QED) is 0.461. The second-order valence-corrected chi connectivity index (χ2v) is 3.07. The van der Waals surface area contributed by atoms with Gasteiger partial charge in [0.15, 0.2) is 5.78 Å². The van der Waals surface area contributed by atoms with E-state index in [1.165, 1.54) is 0 Å². The molecule has 1 heteroatoms. The summed E-state index contributed by atoms with van der Waals surface area (Å²) in [6.45, 7) is 0. The number of carbonyl (C=O) groups excluding carboxylic acids is 1. The number of fused-ring (bicyclic) bond motifs is 2. The molecule has 2 bridgehead atoms. The fourth-order valence-corrected chi connectivity index (χ4v) is 1.66. The van der Waals surface area contributed by atoms with Crippen LogP contribution in [-0.4, -0.2) is 5.78 Å². The van der Waals surface area contributed by atoms with Crippen molar-refractivity contribution < 1.29 is 4.79 Å². The predicted molar refractivity (Wildman–Crippen MR) is 39.5 cm³/mol. The molecule has 0 fully saturated rings. The molecule has 0 aliphatic heterocycles. The van der Waals surface area contributed by atoms with Gasteiger partial charge in [-0.25, -0.2) is 0 Å². The molecule has 2 rings (SSSR count). The third-order valence-corrected chi connectivity index (χ3v) is 2.20. The van der Waals surface area contributed by atoms with Gasteiger partial charge in [0.05, 0.1) is 0 Å². The minimum atomic E-state index is 0.289. The van der Waals surface area contributed by atoms with E-state index >= 15 is 0 Å². The molecule has 0 spiro atoms. The lowest BCUT2D eigenvalue weighted by atomic mass is 10.0. The maximum atomic E-state index is 11.0. The Hall–Kier alpha value is -0.850. The van der Waals surface area contributed by atoms with Crippen LogP contribution in [0.15, 0.2) is 24.3 Å². The molecule has 0 N–H and O–H groups in total. The van der Waals surface area contributed by atoms with Gasteiger partial charge in [-0.3, -0.25) is 4.79 Å². The van der Waals surface area contributed by atoms with Crippen molar-refractivity contribution in [1.29, 1.82) is 0 Å². The summed E-state index contributed by atoms with van der Waals surface area (Å²) in [6.07, 6.45) is 10.0. The Labute approximate surface area is 60.4 Å². The lowest BCUT2D eigenvalue weighted by Crippen LogP contribution is -1.99. The first-order chi connectivity index (χ1) is 4.84. The summed E-state index contributed by atoms with van der Waals surface area (Å²) in [5, 5.41) is 0. The number of allylic oxidation sites excluding steroid dienone is 4. The fraction of sp³-hybridized carbons (Fsp3) is 0.444. The maximum absolute atomic E-state index is 11.0. The van der Waals surface area contributed by atoms with E-state index in [1.807, 2.05) is 6.08 Å². The van der Waals surface area contributed by atoms with Crippen molar-refractivity contribution >= 4 is 5.78 Å². The second-order valence-electron chi connectivity index (χ2n) is 3.07. The van der Waals surface area contributed by atoms with Crippen LogP contribution >= 0.6 is 0 Å². The zero-order valence-electron chi connectivity index (χ0n) is 5.79. The summed E-state index contributed by atoms with van der Waals surface area (Å²) in [7, 11) is 0. The van der Waals surface area contributed by atoms with E-state index in [-0.39, 0.29) is 5.78 Å². The average molecular weight is 134 g/mol. The Bertz CT molecular complexity index is 213. The molecule has 0 saturated carbocycles. The molecule has 2 unspecified atom stereocenters. The average Bonchev–Trinajstić information content (AvgIpc) is 2.22. The van der Waals surface area contributed by atoms with Gasteiger partial charge in [-0.1, -0.05) is 18.2 Å². The Morgan fingerprint density at radius 1 is 1.30 bits per heavy atom. The van der Waals surface area contributed by atoms with Crippen LogP contribution in [0, 0.1) is 11.8 Å². The molecule has 0 aromatic rings. The molecule has 10 heavy (non-hydrogen) atoms. The van der Waals surface area contributed by atoms with Gasteiger partial charge in [0.1, 0.15) is 0 Å². The van der Waals surface area contributed by atoms with Crippen molar-refractivity contribution in [3.8, 4) is 0 Å². The molecule has 1 nitrogen and oxygen atoms in total. The molecule has 0 heterocycles. The first kappa shape index (κ1) is 5.90. The predicted octanol–water partition coefficient (Wildman–Crippen LogP) is 1.71. The molecular weight excluding hydrogens is 124 g/mol.